The molecule has 10 heteroatoms. The predicted molar refractivity (Wildman–Crippen MR) is 147 cm³/mol. The van der Waals surface area contributed by atoms with E-state index in [0.717, 1.165) is 18.4 Å². The van der Waals surface area contributed by atoms with Gasteiger partial charge >= 0.3 is 6.09 Å². The van der Waals surface area contributed by atoms with Gasteiger partial charge in [0.25, 0.3) is 0 Å². The number of carbonyl (C=O) groups excluding carboxylic acids is 4. The SMILES string of the molecule is CC(C)C[C@H](NC(=O)[C@H](Cc1ccc(F)cc1)NC(=O)OCc1ccccc1)C(=O)NC(C=O)CC1CCCO1. The molecule has 0 saturated carbocycles. The second-order valence-electron chi connectivity index (χ2n) is 10.4. The third-order valence-electron chi connectivity index (χ3n) is 6.55. The minimum atomic E-state index is -1.11. The maximum absolute atomic E-state index is 13.5. The van der Waals surface area contributed by atoms with Crippen LogP contribution in [0.25, 0.3) is 0 Å². The molecular weight excluding hydrogens is 517 g/mol. The minimum Gasteiger partial charge on any atom is -0.445 e. The topological polar surface area (TPSA) is 123 Å². The number of hydrogen-bond donors (Lipinski definition) is 3. The van der Waals surface area contributed by atoms with Gasteiger partial charge < -0.3 is 30.2 Å². The summed E-state index contributed by atoms with van der Waals surface area (Å²) in [6.07, 6.45) is 2.21. The molecule has 0 aromatic heterocycles. The van der Waals surface area contributed by atoms with Crippen molar-refractivity contribution in [3.63, 3.8) is 0 Å². The minimum absolute atomic E-state index is 0.00767. The van der Waals surface area contributed by atoms with Crippen LogP contribution < -0.4 is 16.0 Å². The van der Waals surface area contributed by atoms with Crippen LogP contribution in [-0.2, 0) is 36.9 Å². The van der Waals surface area contributed by atoms with E-state index in [1.165, 1.54) is 24.3 Å². The Hall–Kier alpha value is -3.79. The molecule has 1 saturated heterocycles. The van der Waals surface area contributed by atoms with Gasteiger partial charge in [-0.15, -0.1) is 0 Å². The van der Waals surface area contributed by atoms with E-state index in [1.807, 2.05) is 32.0 Å². The Kier molecular flexibility index (Phi) is 12.1. The monoisotopic (exact) mass is 555 g/mol. The van der Waals surface area contributed by atoms with Crippen molar-refractivity contribution >= 4 is 24.2 Å². The lowest BCUT2D eigenvalue weighted by Gasteiger charge is -2.26. The maximum Gasteiger partial charge on any atom is 0.408 e. The molecule has 40 heavy (non-hydrogen) atoms. The molecule has 2 unspecified atom stereocenters. The zero-order valence-corrected chi connectivity index (χ0v) is 22.9. The molecule has 1 heterocycles. The Morgan fingerprint density at radius 1 is 0.975 bits per heavy atom. The van der Waals surface area contributed by atoms with Crippen LogP contribution in [0.1, 0.15) is 50.7 Å². The van der Waals surface area contributed by atoms with Crippen molar-refractivity contribution in [2.24, 2.45) is 5.92 Å². The number of hydrogen-bond acceptors (Lipinski definition) is 6. The summed E-state index contributed by atoms with van der Waals surface area (Å²) in [5, 5.41) is 8.04. The van der Waals surface area contributed by atoms with Crippen LogP contribution in [0.15, 0.2) is 54.6 Å². The fraction of sp³-hybridized carbons (Fsp3) is 0.467. The first-order chi connectivity index (χ1) is 19.2. The van der Waals surface area contributed by atoms with E-state index >= 15 is 0 Å². The summed E-state index contributed by atoms with van der Waals surface area (Å²) in [5.74, 6) is -1.49. The molecule has 3 amide bonds. The van der Waals surface area contributed by atoms with Gasteiger partial charge in [-0.3, -0.25) is 9.59 Å². The molecule has 0 bridgehead atoms. The number of rotatable bonds is 14. The lowest BCUT2D eigenvalue weighted by atomic mass is 10.0. The third kappa shape index (κ3) is 10.4. The highest BCUT2D eigenvalue weighted by Crippen LogP contribution is 2.17. The summed E-state index contributed by atoms with van der Waals surface area (Å²) >= 11 is 0. The Bertz CT molecular complexity index is 1110. The van der Waals surface area contributed by atoms with E-state index in [1.54, 1.807) is 12.1 Å². The van der Waals surface area contributed by atoms with E-state index in [-0.39, 0.29) is 25.0 Å². The molecule has 2 aromatic carbocycles. The smallest absolute Gasteiger partial charge is 0.408 e. The van der Waals surface area contributed by atoms with Gasteiger partial charge in [0.2, 0.25) is 11.8 Å². The Balaban J connectivity index is 1.69. The Morgan fingerprint density at radius 3 is 2.30 bits per heavy atom. The number of aldehydes is 1. The van der Waals surface area contributed by atoms with Crippen molar-refractivity contribution in [2.45, 2.75) is 76.8 Å². The molecule has 0 spiro atoms. The molecule has 1 aliphatic heterocycles. The quantitative estimate of drug-likeness (QED) is 0.307. The third-order valence-corrected chi connectivity index (χ3v) is 6.55. The van der Waals surface area contributed by atoms with Crippen molar-refractivity contribution in [3.8, 4) is 0 Å². The van der Waals surface area contributed by atoms with Crippen LogP contribution in [0.3, 0.4) is 0 Å². The molecule has 3 N–H and O–H groups in total. The van der Waals surface area contributed by atoms with Crippen LogP contribution in [0.5, 0.6) is 0 Å². The highest BCUT2D eigenvalue weighted by molar-refractivity contribution is 5.92. The highest BCUT2D eigenvalue weighted by atomic mass is 19.1. The second-order valence-corrected chi connectivity index (χ2v) is 10.4. The first-order valence-electron chi connectivity index (χ1n) is 13.6. The number of amides is 3. The Morgan fingerprint density at radius 2 is 1.68 bits per heavy atom. The van der Waals surface area contributed by atoms with Crippen LogP contribution in [0, 0.1) is 11.7 Å². The van der Waals surface area contributed by atoms with Gasteiger partial charge in [0, 0.05) is 19.4 Å². The first-order valence-corrected chi connectivity index (χ1v) is 13.6. The summed E-state index contributed by atoms with van der Waals surface area (Å²) < 4.78 is 24.3. The fourth-order valence-corrected chi connectivity index (χ4v) is 4.49. The predicted octanol–water partition coefficient (Wildman–Crippen LogP) is 3.45. The molecule has 3 rings (SSSR count). The zero-order valence-electron chi connectivity index (χ0n) is 22.9. The number of halogens is 1. The van der Waals surface area contributed by atoms with E-state index in [2.05, 4.69) is 16.0 Å². The molecule has 4 atom stereocenters. The van der Waals surface area contributed by atoms with Crippen molar-refractivity contribution in [3.05, 3.63) is 71.5 Å². The first kappa shape index (κ1) is 30.7. The summed E-state index contributed by atoms with van der Waals surface area (Å²) in [7, 11) is 0. The van der Waals surface area contributed by atoms with Crippen molar-refractivity contribution in [2.75, 3.05) is 6.61 Å². The Labute approximate surface area is 234 Å². The number of carbonyl (C=O) groups is 4. The van der Waals surface area contributed by atoms with E-state index in [4.69, 9.17) is 9.47 Å². The van der Waals surface area contributed by atoms with Crippen LogP contribution >= 0.6 is 0 Å². The maximum atomic E-state index is 13.5. The summed E-state index contributed by atoms with van der Waals surface area (Å²) in [4.78, 5) is 50.9. The van der Waals surface area contributed by atoms with Crippen molar-refractivity contribution < 1.29 is 33.0 Å². The molecular formula is C30H38FN3O6. The number of nitrogens with one attached hydrogen (secondary N) is 3. The lowest BCUT2D eigenvalue weighted by molar-refractivity contribution is -0.131. The van der Waals surface area contributed by atoms with Crippen molar-refractivity contribution in [1.29, 1.82) is 0 Å². The number of ether oxygens (including phenoxy) is 2. The van der Waals surface area contributed by atoms with Gasteiger partial charge in [-0.05, 0) is 48.4 Å². The molecule has 1 fully saturated rings. The number of alkyl carbamates (subject to hydrolysis) is 1. The molecule has 216 valence electrons. The summed E-state index contributed by atoms with van der Waals surface area (Å²) in [5.41, 5.74) is 1.38. The molecule has 0 aliphatic carbocycles. The van der Waals surface area contributed by atoms with Gasteiger partial charge in [0.15, 0.2) is 0 Å². The largest absolute Gasteiger partial charge is 0.445 e. The van der Waals surface area contributed by atoms with Crippen LogP contribution in [0.2, 0.25) is 0 Å². The van der Waals surface area contributed by atoms with Gasteiger partial charge in [0.1, 0.15) is 30.8 Å². The van der Waals surface area contributed by atoms with Crippen LogP contribution in [-0.4, -0.2) is 55.0 Å². The average Bonchev–Trinajstić information content (AvgIpc) is 3.45. The summed E-state index contributed by atoms with van der Waals surface area (Å²) in [6.45, 7) is 4.45. The van der Waals surface area contributed by atoms with Crippen molar-refractivity contribution in [1.82, 2.24) is 16.0 Å². The van der Waals surface area contributed by atoms with E-state index < -0.39 is 41.9 Å². The van der Waals surface area contributed by atoms with Gasteiger partial charge in [-0.1, -0.05) is 56.3 Å². The molecule has 9 nitrogen and oxygen atoms in total. The second kappa shape index (κ2) is 15.7. The summed E-state index contributed by atoms with van der Waals surface area (Å²) in [6, 6.07) is 11.8. The molecule has 0 radical (unpaired) electrons. The van der Waals surface area contributed by atoms with Crippen LogP contribution in [0.4, 0.5) is 9.18 Å². The fourth-order valence-electron chi connectivity index (χ4n) is 4.49. The zero-order chi connectivity index (χ0) is 28.9. The standard InChI is InChI=1S/C30H38FN3O6/c1-20(2)15-26(28(36)32-24(18-35)17-25-9-6-14-39-25)33-29(37)27(16-21-10-12-23(31)13-11-21)34-30(38)40-19-22-7-4-3-5-8-22/h3-5,7-8,10-13,18,20,24-27H,6,9,14-17,19H2,1-2H3,(H,32,36)(H,33,37)(H,34,38)/t24?,25?,26-,27-/m0/s1. The van der Waals surface area contributed by atoms with E-state index in [0.29, 0.717) is 31.3 Å². The molecule has 1 aliphatic rings. The van der Waals surface area contributed by atoms with Gasteiger partial charge in [-0.25, -0.2) is 9.18 Å². The average molecular weight is 556 g/mol. The van der Waals surface area contributed by atoms with Gasteiger partial charge in [-0.2, -0.15) is 0 Å². The molecule has 2 aromatic rings. The number of benzene rings is 2. The normalized spacial score (nSPS) is 16.9. The van der Waals surface area contributed by atoms with Gasteiger partial charge in [0.05, 0.1) is 12.1 Å². The highest BCUT2D eigenvalue weighted by Gasteiger charge is 2.30. The van der Waals surface area contributed by atoms with E-state index in [9.17, 15) is 23.6 Å². The lowest BCUT2D eigenvalue weighted by Crippen LogP contribution is -2.56.